The van der Waals surface area contributed by atoms with E-state index in [2.05, 4.69) is 16.9 Å². The Morgan fingerprint density at radius 3 is 2.45 bits per heavy atom. The van der Waals surface area contributed by atoms with Crippen LogP contribution >= 0.6 is 0 Å². The molecule has 1 fully saturated rings. The van der Waals surface area contributed by atoms with Crippen LogP contribution in [-0.4, -0.2) is 48.9 Å². The van der Waals surface area contributed by atoms with Crippen LogP contribution in [-0.2, 0) is 4.74 Å². The van der Waals surface area contributed by atoms with Gasteiger partial charge in [-0.25, -0.2) is 23.8 Å². The summed E-state index contributed by atoms with van der Waals surface area (Å²) in [5, 5.41) is 4.77. The van der Waals surface area contributed by atoms with Crippen molar-refractivity contribution in [1.82, 2.24) is 24.6 Å². The van der Waals surface area contributed by atoms with Gasteiger partial charge in [-0.3, -0.25) is 0 Å². The molecular weight excluding hydrogens is 421 g/mol. The minimum absolute atomic E-state index is 0.0748. The maximum absolute atomic E-state index is 13.4. The highest BCUT2D eigenvalue weighted by atomic mass is 19.1. The van der Waals surface area contributed by atoms with Crippen molar-refractivity contribution in [3.05, 3.63) is 60.3 Å². The summed E-state index contributed by atoms with van der Waals surface area (Å²) < 4.78 is 20.8. The predicted molar refractivity (Wildman–Crippen MR) is 124 cm³/mol. The van der Waals surface area contributed by atoms with Crippen LogP contribution in [0.25, 0.3) is 17.2 Å². The standard InChI is InChI=1S/C25H30FN5O2/c1-17-6-7-19(12-15-30(17)24(32)33-25(2,3)4)22-16-21(18-8-10-20(26)11-9-18)29-31(22)23-27-13-5-14-28-23/h5,8-11,13-14,16-17,19H,6-7,12,15H2,1-4H3. The van der Waals surface area contributed by atoms with Gasteiger partial charge in [0.15, 0.2) is 0 Å². The van der Waals surface area contributed by atoms with Gasteiger partial charge in [0.2, 0.25) is 0 Å². The van der Waals surface area contributed by atoms with E-state index >= 15 is 0 Å². The van der Waals surface area contributed by atoms with Crippen molar-refractivity contribution in [3.8, 4) is 17.2 Å². The molecule has 1 aliphatic rings. The third-order valence-electron chi connectivity index (χ3n) is 5.85. The zero-order valence-corrected chi connectivity index (χ0v) is 19.5. The Morgan fingerprint density at radius 2 is 1.79 bits per heavy atom. The smallest absolute Gasteiger partial charge is 0.410 e. The molecule has 1 aliphatic heterocycles. The Morgan fingerprint density at radius 1 is 1.09 bits per heavy atom. The Hall–Kier alpha value is -3.29. The van der Waals surface area contributed by atoms with Crippen molar-refractivity contribution >= 4 is 6.09 Å². The lowest BCUT2D eigenvalue weighted by Gasteiger charge is -2.30. The number of rotatable bonds is 3. The van der Waals surface area contributed by atoms with E-state index in [9.17, 15) is 9.18 Å². The molecule has 1 aromatic carbocycles. The first-order valence-electron chi connectivity index (χ1n) is 11.3. The Labute approximate surface area is 193 Å². The molecule has 2 unspecified atom stereocenters. The lowest BCUT2D eigenvalue weighted by atomic mass is 9.95. The molecule has 3 heterocycles. The lowest BCUT2D eigenvalue weighted by Crippen LogP contribution is -2.41. The van der Waals surface area contributed by atoms with Gasteiger partial charge in [0.25, 0.3) is 5.95 Å². The number of hydrogen-bond acceptors (Lipinski definition) is 5. The van der Waals surface area contributed by atoms with Crippen LogP contribution in [0.5, 0.6) is 0 Å². The van der Waals surface area contributed by atoms with Crippen molar-refractivity contribution in [1.29, 1.82) is 0 Å². The fourth-order valence-electron chi connectivity index (χ4n) is 4.15. The van der Waals surface area contributed by atoms with E-state index in [-0.39, 0.29) is 23.9 Å². The molecule has 0 aliphatic carbocycles. The van der Waals surface area contributed by atoms with Crippen molar-refractivity contribution in [2.24, 2.45) is 0 Å². The SMILES string of the molecule is CC1CCC(c2cc(-c3ccc(F)cc3)nn2-c2ncccn2)CCN1C(=O)OC(C)(C)C. The van der Waals surface area contributed by atoms with Gasteiger partial charge in [0, 0.05) is 36.5 Å². The highest BCUT2D eigenvalue weighted by Gasteiger charge is 2.31. The molecular formula is C25H30FN5O2. The zero-order valence-electron chi connectivity index (χ0n) is 19.5. The molecule has 174 valence electrons. The summed E-state index contributed by atoms with van der Waals surface area (Å²) in [6, 6.07) is 10.2. The molecule has 1 saturated heterocycles. The number of halogens is 1. The highest BCUT2D eigenvalue weighted by Crippen LogP contribution is 2.34. The van der Waals surface area contributed by atoms with E-state index in [1.54, 1.807) is 35.3 Å². The van der Waals surface area contributed by atoms with Gasteiger partial charge in [-0.05, 0) is 83.4 Å². The van der Waals surface area contributed by atoms with E-state index in [1.807, 2.05) is 31.7 Å². The Kier molecular flexibility index (Phi) is 6.44. The quantitative estimate of drug-likeness (QED) is 0.536. The monoisotopic (exact) mass is 451 g/mol. The number of likely N-dealkylation sites (tertiary alicyclic amines) is 1. The summed E-state index contributed by atoms with van der Waals surface area (Å²) in [5.41, 5.74) is 2.01. The fourth-order valence-corrected chi connectivity index (χ4v) is 4.15. The van der Waals surface area contributed by atoms with Gasteiger partial charge in [0.1, 0.15) is 11.4 Å². The van der Waals surface area contributed by atoms with Crippen LogP contribution < -0.4 is 0 Å². The highest BCUT2D eigenvalue weighted by molar-refractivity contribution is 5.68. The molecule has 0 N–H and O–H groups in total. The van der Waals surface area contributed by atoms with Crippen LogP contribution in [0.2, 0.25) is 0 Å². The number of aromatic nitrogens is 4. The molecule has 0 saturated carbocycles. The van der Waals surface area contributed by atoms with Crippen LogP contribution in [0.1, 0.15) is 58.6 Å². The number of benzene rings is 1. The zero-order chi connectivity index (χ0) is 23.6. The summed E-state index contributed by atoms with van der Waals surface area (Å²) >= 11 is 0. The number of hydrogen-bond donors (Lipinski definition) is 0. The van der Waals surface area contributed by atoms with Crippen LogP contribution in [0.15, 0.2) is 48.8 Å². The van der Waals surface area contributed by atoms with Gasteiger partial charge >= 0.3 is 6.09 Å². The van der Waals surface area contributed by atoms with Gasteiger partial charge < -0.3 is 9.64 Å². The molecule has 8 heteroatoms. The number of ether oxygens (including phenoxy) is 1. The summed E-state index contributed by atoms with van der Waals surface area (Å²) in [5.74, 6) is 0.359. The minimum Gasteiger partial charge on any atom is -0.444 e. The number of amides is 1. The topological polar surface area (TPSA) is 73.1 Å². The molecule has 1 amide bonds. The largest absolute Gasteiger partial charge is 0.444 e. The second-order valence-corrected chi connectivity index (χ2v) is 9.51. The average molecular weight is 452 g/mol. The maximum Gasteiger partial charge on any atom is 0.410 e. The molecule has 4 rings (SSSR count). The fraction of sp³-hybridized carbons (Fsp3) is 0.440. The molecule has 2 atom stereocenters. The first kappa shape index (κ1) is 22.9. The second kappa shape index (κ2) is 9.29. The van der Waals surface area contributed by atoms with Crippen LogP contribution in [0, 0.1) is 5.82 Å². The van der Waals surface area contributed by atoms with E-state index in [0.29, 0.717) is 12.5 Å². The van der Waals surface area contributed by atoms with E-state index in [1.165, 1.54) is 12.1 Å². The summed E-state index contributed by atoms with van der Waals surface area (Å²) in [6.45, 7) is 8.30. The van der Waals surface area contributed by atoms with Crippen molar-refractivity contribution < 1.29 is 13.9 Å². The van der Waals surface area contributed by atoms with E-state index in [0.717, 1.165) is 36.2 Å². The Balaban J connectivity index is 1.65. The Bertz CT molecular complexity index is 1090. The lowest BCUT2D eigenvalue weighted by molar-refractivity contribution is 0.0182. The molecule has 0 spiro atoms. The van der Waals surface area contributed by atoms with Gasteiger partial charge in [0.05, 0.1) is 11.4 Å². The summed E-state index contributed by atoms with van der Waals surface area (Å²) in [7, 11) is 0. The van der Waals surface area contributed by atoms with Crippen LogP contribution in [0.3, 0.4) is 0 Å². The number of carbonyl (C=O) groups excluding carboxylic acids is 1. The van der Waals surface area contributed by atoms with E-state index in [4.69, 9.17) is 9.84 Å². The van der Waals surface area contributed by atoms with Crippen molar-refractivity contribution in [3.63, 3.8) is 0 Å². The number of carbonyl (C=O) groups is 1. The predicted octanol–water partition coefficient (Wildman–Crippen LogP) is 5.36. The van der Waals surface area contributed by atoms with Crippen molar-refractivity contribution in [2.45, 2.75) is 64.5 Å². The summed E-state index contributed by atoms with van der Waals surface area (Å²) in [4.78, 5) is 23.4. The molecule has 3 aromatic rings. The molecule has 0 bridgehead atoms. The van der Waals surface area contributed by atoms with Crippen molar-refractivity contribution in [2.75, 3.05) is 6.54 Å². The molecule has 0 radical (unpaired) electrons. The average Bonchev–Trinajstić information content (AvgIpc) is 3.11. The minimum atomic E-state index is -0.532. The molecule has 2 aromatic heterocycles. The summed E-state index contributed by atoms with van der Waals surface area (Å²) in [6.07, 6.45) is 5.60. The third-order valence-corrected chi connectivity index (χ3v) is 5.85. The maximum atomic E-state index is 13.4. The van der Waals surface area contributed by atoms with E-state index < -0.39 is 5.60 Å². The van der Waals surface area contributed by atoms with Gasteiger partial charge in [-0.1, -0.05) is 0 Å². The van der Waals surface area contributed by atoms with Crippen LogP contribution in [0.4, 0.5) is 9.18 Å². The second-order valence-electron chi connectivity index (χ2n) is 9.51. The van der Waals surface area contributed by atoms with Gasteiger partial charge in [-0.15, -0.1) is 0 Å². The normalized spacial score (nSPS) is 19.2. The number of nitrogens with zero attached hydrogens (tertiary/aromatic N) is 5. The molecule has 7 nitrogen and oxygen atoms in total. The van der Waals surface area contributed by atoms with Gasteiger partial charge in [-0.2, -0.15) is 5.10 Å². The molecule has 33 heavy (non-hydrogen) atoms. The first-order valence-corrected chi connectivity index (χ1v) is 11.3. The first-order chi connectivity index (χ1) is 15.7. The third kappa shape index (κ3) is 5.38.